The summed E-state index contributed by atoms with van der Waals surface area (Å²) in [6.07, 6.45) is 1.40. The second-order valence-corrected chi connectivity index (χ2v) is 3.93. The molecule has 5 nitrogen and oxygen atoms in total. The topological polar surface area (TPSA) is 101 Å². The lowest BCUT2D eigenvalue weighted by Gasteiger charge is -2.14. The monoisotopic (exact) mass is 273 g/mol. The van der Waals surface area contributed by atoms with Crippen LogP contribution in [0.4, 0.5) is 0 Å². The van der Waals surface area contributed by atoms with Gasteiger partial charge in [0.15, 0.2) is 0 Å². The Labute approximate surface area is 113 Å². The van der Waals surface area contributed by atoms with E-state index in [1.54, 1.807) is 24.3 Å². The first-order chi connectivity index (χ1) is 8.13. The number of nitrogens with two attached hydrogens (primary N) is 2. The van der Waals surface area contributed by atoms with Crippen LogP contribution < -0.4 is 16.8 Å². The first-order valence-corrected chi connectivity index (χ1v) is 5.64. The van der Waals surface area contributed by atoms with Crippen LogP contribution in [0.1, 0.15) is 18.4 Å². The minimum Gasteiger partial charge on any atom is -0.508 e. The number of carbonyl (C=O) groups excluding carboxylic acids is 1. The van der Waals surface area contributed by atoms with Crippen LogP contribution in [-0.2, 0) is 11.3 Å². The number of phenols is 1. The van der Waals surface area contributed by atoms with Crippen molar-refractivity contribution in [3.63, 3.8) is 0 Å². The summed E-state index contributed by atoms with van der Waals surface area (Å²) in [5.41, 5.74) is 11.7. The van der Waals surface area contributed by atoms with Crippen LogP contribution in [0, 0.1) is 0 Å². The predicted molar refractivity (Wildman–Crippen MR) is 73.5 cm³/mol. The van der Waals surface area contributed by atoms with Crippen molar-refractivity contribution in [1.82, 2.24) is 5.32 Å². The highest BCUT2D eigenvalue weighted by Gasteiger charge is 2.13. The maximum Gasteiger partial charge on any atom is 0.234 e. The molecule has 18 heavy (non-hydrogen) atoms. The highest BCUT2D eigenvalue weighted by molar-refractivity contribution is 5.85. The molecule has 1 atom stereocenters. The van der Waals surface area contributed by atoms with Crippen LogP contribution in [-0.4, -0.2) is 23.6 Å². The summed E-state index contributed by atoms with van der Waals surface area (Å²) in [5.74, 6) is -0.138. The molecule has 0 aliphatic carbocycles. The summed E-state index contributed by atoms with van der Waals surface area (Å²) in [7, 11) is 0. The molecular weight excluding hydrogens is 254 g/mol. The highest BCUT2D eigenvalue weighted by atomic mass is 35.5. The number of primary amides is 1. The van der Waals surface area contributed by atoms with Gasteiger partial charge < -0.3 is 21.9 Å². The Balaban J connectivity index is 0.00000289. The Kier molecular flexibility index (Phi) is 8.11. The lowest BCUT2D eigenvalue weighted by molar-refractivity contribution is -0.120. The number of phenolic OH excluding ortho intramolecular Hbond substituents is 1. The Morgan fingerprint density at radius 2 is 1.94 bits per heavy atom. The van der Waals surface area contributed by atoms with Crippen LogP contribution >= 0.6 is 12.4 Å². The van der Waals surface area contributed by atoms with Crippen molar-refractivity contribution in [3.8, 4) is 5.75 Å². The van der Waals surface area contributed by atoms with Gasteiger partial charge in [-0.05, 0) is 37.1 Å². The van der Waals surface area contributed by atoms with E-state index >= 15 is 0 Å². The number of hydrogen-bond donors (Lipinski definition) is 4. The molecule has 0 unspecified atom stereocenters. The van der Waals surface area contributed by atoms with E-state index in [4.69, 9.17) is 16.6 Å². The van der Waals surface area contributed by atoms with E-state index in [9.17, 15) is 4.79 Å². The van der Waals surface area contributed by atoms with Crippen molar-refractivity contribution >= 4 is 18.3 Å². The molecule has 0 fully saturated rings. The van der Waals surface area contributed by atoms with Gasteiger partial charge in [0.1, 0.15) is 5.75 Å². The van der Waals surface area contributed by atoms with Crippen molar-refractivity contribution in [3.05, 3.63) is 29.8 Å². The third-order valence-corrected chi connectivity index (χ3v) is 2.53. The SMILES string of the molecule is Cl.NCCC[C@H](NCc1ccc(O)cc1)C(N)=O. The Hall–Kier alpha value is -1.30. The fourth-order valence-electron chi connectivity index (χ4n) is 1.52. The molecule has 102 valence electrons. The summed E-state index contributed by atoms with van der Waals surface area (Å²) in [6.45, 7) is 1.09. The first kappa shape index (κ1) is 16.7. The third-order valence-electron chi connectivity index (χ3n) is 2.53. The number of aromatic hydroxyl groups is 1. The van der Waals surface area contributed by atoms with Crippen molar-refractivity contribution in [2.24, 2.45) is 11.5 Å². The number of nitrogens with one attached hydrogen (secondary N) is 1. The van der Waals surface area contributed by atoms with E-state index in [1.807, 2.05) is 0 Å². The summed E-state index contributed by atoms with van der Waals surface area (Å²) in [4.78, 5) is 11.2. The quantitative estimate of drug-likeness (QED) is 0.581. The van der Waals surface area contributed by atoms with Crippen molar-refractivity contribution in [1.29, 1.82) is 0 Å². The molecule has 1 rings (SSSR count). The van der Waals surface area contributed by atoms with Gasteiger partial charge in [-0.15, -0.1) is 12.4 Å². The number of rotatable bonds is 7. The fourth-order valence-corrected chi connectivity index (χ4v) is 1.52. The lowest BCUT2D eigenvalue weighted by Crippen LogP contribution is -2.41. The van der Waals surface area contributed by atoms with Gasteiger partial charge in [0.05, 0.1) is 6.04 Å². The van der Waals surface area contributed by atoms with Gasteiger partial charge in [0.2, 0.25) is 5.91 Å². The van der Waals surface area contributed by atoms with E-state index < -0.39 is 0 Å². The minimum absolute atomic E-state index is 0. The predicted octanol–water partition coefficient (Wildman–Crippen LogP) is 0.496. The average Bonchev–Trinajstić information content (AvgIpc) is 2.31. The second kappa shape index (κ2) is 8.74. The third kappa shape index (κ3) is 5.86. The Morgan fingerprint density at radius 3 is 2.44 bits per heavy atom. The zero-order valence-corrected chi connectivity index (χ0v) is 11.0. The summed E-state index contributed by atoms with van der Waals surface area (Å²) in [5, 5.41) is 12.2. The molecule has 0 saturated carbocycles. The first-order valence-electron chi connectivity index (χ1n) is 5.64. The number of amides is 1. The van der Waals surface area contributed by atoms with E-state index in [1.165, 1.54) is 0 Å². The largest absolute Gasteiger partial charge is 0.508 e. The van der Waals surface area contributed by atoms with Crippen LogP contribution in [0.5, 0.6) is 5.75 Å². The maximum atomic E-state index is 11.2. The molecular formula is C12H20ClN3O2. The van der Waals surface area contributed by atoms with Crippen molar-refractivity contribution < 1.29 is 9.90 Å². The van der Waals surface area contributed by atoms with Gasteiger partial charge in [0, 0.05) is 6.54 Å². The zero-order valence-electron chi connectivity index (χ0n) is 10.1. The molecule has 6 heteroatoms. The summed E-state index contributed by atoms with van der Waals surface area (Å²) >= 11 is 0. The molecule has 0 spiro atoms. The molecule has 0 radical (unpaired) electrons. The van der Waals surface area contributed by atoms with Crippen LogP contribution in [0.3, 0.4) is 0 Å². The van der Waals surface area contributed by atoms with E-state index in [2.05, 4.69) is 5.32 Å². The Morgan fingerprint density at radius 1 is 1.33 bits per heavy atom. The maximum absolute atomic E-state index is 11.2. The standard InChI is InChI=1S/C12H19N3O2.ClH/c13-7-1-2-11(12(14)17)15-8-9-3-5-10(16)6-4-9;/h3-6,11,15-16H,1-2,7-8,13H2,(H2,14,17);1H/t11-;/m0./s1. The number of halogens is 1. The van der Waals surface area contributed by atoms with Crippen LogP contribution in [0.2, 0.25) is 0 Å². The lowest BCUT2D eigenvalue weighted by atomic mass is 10.1. The molecule has 1 aromatic rings. The zero-order chi connectivity index (χ0) is 12.7. The number of benzene rings is 1. The van der Waals surface area contributed by atoms with Gasteiger partial charge >= 0.3 is 0 Å². The van der Waals surface area contributed by atoms with Crippen molar-refractivity contribution in [2.45, 2.75) is 25.4 Å². The Bertz CT molecular complexity index is 357. The number of hydrogen-bond acceptors (Lipinski definition) is 4. The van der Waals surface area contributed by atoms with Crippen LogP contribution in [0.15, 0.2) is 24.3 Å². The molecule has 0 saturated heterocycles. The average molecular weight is 274 g/mol. The summed E-state index contributed by atoms with van der Waals surface area (Å²) < 4.78 is 0. The molecule has 0 aliphatic rings. The molecule has 0 aliphatic heterocycles. The molecule has 0 heterocycles. The molecule has 6 N–H and O–H groups in total. The van der Waals surface area contributed by atoms with Gasteiger partial charge in [0.25, 0.3) is 0 Å². The molecule has 0 aromatic heterocycles. The van der Waals surface area contributed by atoms with E-state index in [-0.39, 0.29) is 30.1 Å². The van der Waals surface area contributed by atoms with Crippen LogP contribution in [0.25, 0.3) is 0 Å². The van der Waals surface area contributed by atoms with Crippen molar-refractivity contribution in [2.75, 3.05) is 6.54 Å². The second-order valence-electron chi connectivity index (χ2n) is 3.93. The van der Waals surface area contributed by atoms with E-state index in [0.717, 1.165) is 12.0 Å². The van der Waals surface area contributed by atoms with Gasteiger partial charge in [-0.25, -0.2) is 0 Å². The fraction of sp³-hybridized carbons (Fsp3) is 0.417. The molecule has 0 bridgehead atoms. The van der Waals surface area contributed by atoms with Gasteiger partial charge in [-0.3, -0.25) is 4.79 Å². The van der Waals surface area contributed by atoms with E-state index in [0.29, 0.717) is 19.5 Å². The normalized spacial score (nSPS) is 11.6. The summed E-state index contributed by atoms with van der Waals surface area (Å²) in [6, 6.07) is 6.45. The van der Waals surface area contributed by atoms with Gasteiger partial charge in [-0.1, -0.05) is 12.1 Å². The van der Waals surface area contributed by atoms with Gasteiger partial charge in [-0.2, -0.15) is 0 Å². The molecule has 1 aromatic carbocycles. The molecule has 1 amide bonds. The highest BCUT2D eigenvalue weighted by Crippen LogP contribution is 2.09. The smallest absolute Gasteiger partial charge is 0.234 e. The minimum atomic E-state index is -0.364. The number of carbonyl (C=O) groups is 1.